The van der Waals surface area contributed by atoms with E-state index < -0.39 is 15.9 Å². The summed E-state index contributed by atoms with van der Waals surface area (Å²) >= 11 is 1.42. The molecule has 1 aromatic heterocycles. The van der Waals surface area contributed by atoms with Crippen molar-refractivity contribution in [1.29, 1.82) is 0 Å². The second-order valence-electron chi connectivity index (χ2n) is 8.62. The predicted molar refractivity (Wildman–Crippen MR) is 127 cm³/mol. The van der Waals surface area contributed by atoms with Gasteiger partial charge in [0.25, 0.3) is 11.8 Å². The number of benzene rings is 1. The molecule has 0 spiro atoms. The molecule has 1 aliphatic heterocycles. The van der Waals surface area contributed by atoms with Crippen LogP contribution < -0.4 is 20.1 Å². The Bertz CT molecular complexity index is 1160. The predicted octanol–water partition coefficient (Wildman–Crippen LogP) is 2.82. The van der Waals surface area contributed by atoms with Gasteiger partial charge in [-0.15, -0.1) is 11.3 Å². The van der Waals surface area contributed by atoms with Crippen LogP contribution in [0.3, 0.4) is 0 Å². The quantitative estimate of drug-likeness (QED) is 0.615. The molecule has 1 fully saturated rings. The summed E-state index contributed by atoms with van der Waals surface area (Å²) in [7, 11) is -1.58. The minimum Gasteiger partial charge on any atom is -0.493 e. The molecule has 2 atom stereocenters. The zero-order chi connectivity index (χ0) is 23.6. The lowest BCUT2D eigenvalue weighted by molar-refractivity contribution is -0.118. The minimum atomic E-state index is -3.11. The molecule has 1 aromatic carbocycles. The van der Waals surface area contributed by atoms with Gasteiger partial charge in [0.1, 0.15) is 5.00 Å². The number of carbonyl (C=O) groups excluding carboxylic acids is 2. The Hall–Kier alpha value is -2.59. The standard InChI is InChI=1S/C23H28N2O6S2/c1-14-7-8-16-19(11-14)32-23(21(16)22(27)24-15-9-10-33(28,29)13-15)25-20(26)12-31-18-6-4-3-5-17(18)30-2/h3-6,14-15H,7-13H2,1-2H3,(H,24,27)(H,25,26)/t14-,15-/m0/s1. The minimum absolute atomic E-state index is 0.0451. The third kappa shape index (κ3) is 5.50. The number of para-hydroxylation sites is 2. The monoisotopic (exact) mass is 492 g/mol. The Morgan fingerprint density at radius 3 is 2.64 bits per heavy atom. The second kappa shape index (κ2) is 9.72. The van der Waals surface area contributed by atoms with E-state index >= 15 is 0 Å². The number of rotatable bonds is 7. The van der Waals surface area contributed by atoms with E-state index in [4.69, 9.17) is 9.47 Å². The molecule has 1 aliphatic carbocycles. The number of hydrogen-bond donors (Lipinski definition) is 2. The van der Waals surface area contributed by atoms with Crippen LogP contribution in [0, 0.1) is 5.92 Å². The molecule has 2 aliphatic rings. The molecule has 2 N–H and O–H groups in total. The van der Waals surface area contributed by atoms with E-state index in [0.717, 1.165) is 29.7 Å². The highest BCUT2D eigenvalue weighted by molar-refractivity contribution is 7.91. The number of anilines is 1. The number of thiophene rings is 1. The van der Waals surface area contributed by atoms with E-state index in [9.17, 15) is 18.0 Å². The molecular formula is C23H28N2O6S2. The molecule has 2 amide bonds. The first-order valence-corrected chi connectivity index (χ1v) is 13.6. The highest BCUT2D eigenvalue weighted by Crippen LogP contribution is 2.40. The largest absolute Gasteiger partial charge is 0.493 e. The van der Waals surface area contributed by atoms with Gasteiger partial charge in [0.2, 0.25) is 0 Å². The summed E-state index contributed by atoms with van der Waals surface area (Å²) in [6.07, 6.45) is 2.98. The van der Waals surface area contributed by atoms with E-state index in [1.807, 2.05) is 6.07 Å². The van der Waals surface area contributed by atoms with Crippen molar-refractivity contribution in [2.75, 3.05) is 30.5 Å². The Labute approximate surface area is 197 Å². The zero-order valence-corrected chi connectivity index (χ0v) is 20.3. The summed E-state index contributed by atoms with van der Waals surface area (Å²) in [6.45, 7) is 1.94. The van der Waals surface area contributed by atoms with Crippen molar-refractivity contribution in [2.45, 2.75) is 38.6 Å². The molecule has 2 aromatic rings. The lowest BCUT2D eigenvalue weighted by Crippen LogP contribution is -2.36. The molecule has 10 heteroatoms. The van der Waals surface area contributed by atoms with Crippen molar-refractivity contribution in [3.63, 3.8) is 0 Å². The van der Waals surface area contributed by atoms with Gasteiger partial charge in [-0.1, -0.05) is 19.1 Å². The maximum atomic E-state index is 13.2. The van der Waals surface area contributed by atoms with Gasteiger partial charge < -0.3 is 20.1 Å². The molecule has 33 heavy (non-hydrogen) atoms. The first-order valence-electron chi connectivity index (χ1n) is 11.0. The van der Waals surface area contributed by atoms with Crippen LogP contribution in [0.25, 0.3) is 0 Å². The van der Waals surface area contributed by atoms with E-state index in [-0.39, 0.29) is 29.9 Å². The number of methoxy groups -OCH3 is 1. The van der Waals surface area contributed by atoms with Gasteiger partial charge in [-0.3, -0.25) is 9.59 Å². The van der Waals surface area contributed by atoms with Crippen LogP contribution in [-0.4, -0.2) is 51.5 Å². The van der Waals surface area contributed by atoms with Crippen LogP contribution >= 0.6 is 11.3 Å². The van der Waals surface area contributed by atoms with Crippen LogP contribution in [0.4, 0.5) is 5.00 Å². The first-order chi connectivity index (χ1) is 15.8. The van der Waals surface area contributed by atoms with Crippen molar-refractivity contribution in [3.05, 3.63) is 40.3 Å². The fourth-order valence-electron chi connectivity index (χ4n) is 4.29. The number of nitrogens with one attached hydrogen (secondary N) is 2. The Morgan fingerprint density at radius 1 is 1.18 bits per heavy atom. The molecule has 178 valence electrons. The highest BCUT2D eigenvalue weighted by Gasteiger charge is 2.33. The number of fused-ring (bicyclic) bond motifs is 1. The first kappa shape index (κ1) is 23.6. The van der Waals surface area contributed by atoms with Gasteiger partial charge in [-0.2, -0.15) is 0 Å². The van der Waals surface area contributed by atoms with Gasteiger partial charge in [0, 0.05) is 10.9 Å². The fraction of sp³-hybridized carbons (Fsp3) is 0.478. The molecule has 1 saturated heterocycles. The van der Waals surface area contributed by atoms with E-state index in [0.29, 0.717) is 34.4 Å². The number of hydrogen-bond acceptors (Lipinski definition) is 7. The normalized spacial score (nSPS) is 21.2. The molecule has 8 nitrogen and oxygen atoms in total. The van der Waals surface area contributed by atoms with Gasteiger partial charge in [0.05, 0.1) is 24.2 Å². The van der Waals surface area contributed by atoms with Crippen molar-refractivity contribution >= 4 is 38.0 Å². The van der Waals surface area contributed by atoms with E-state index in [1.54, 1.807) is 18.2 Å². The number of sulfone groups is 1. The second-order valence-corrected chi connectivity index (χ2v) is 12.0. The fourth-order valence-corrected chi connectivity index (χ4v) is 7.39. The maximum Gasteiger partial charge on any atom is 0.262 e. The van der Waals surface area contributed by atoms with Gasteiger partial charge >= 0.3 is 0 Å². The zero-order valence-electron chi connectivity index (χ0n) is 18.7. The average molecular weight is 493 g/mol. The molecule has 0 saturated carbocycles. The topological polar surface area (TPSA) is 111 Å². The van der Waals surface area contributed by atoms with Gasteiger partial charge in [0.15, 0.2) is 27.9 Å². The van der Waals surface area contributed by atoms with Crippen molar-refractivity contribution in [1.82, 2.24) is 5.32 Å². The smallest absolute Gasteiger partial charge is 0.262 e. The van der Waals surface area contributed by atoms with Crippen LogP contribution in [-0.2, 0) is 27.5 Å². The SMILES string of the molecule is COc1ccccc1OCC(=O)Nc1sc2c(c1C(=O)N[C@H]1CCS(=O)(=O)C1)CC[C@H](C)C2. The average Bonchev–Trinajstić information content (AvgIpc) is 3.30. The molecule has 0 bridgehead atoms. The van der Waals surface area contributed by atoms with Crippen molar-refractivity contribution in [2.24, 2.45) is 5.92 Å². The summed E-state index contributed by atoms with van der Waals surface area (Å²) in [5.74, 6) is 0.810. The molecule has 4 rings (SSSR count). The summed E-state index contributed by atoms with van der Waals surface area (Å²) in [4.78, 5) is 27.0. The third-order valence-electron chi connectivity index (χ3n) is 5.99. The van der Waals surface area contributed by atoms with Crippen LogP contribution in [0.1, 0.15) is 40.6 Å². The summed E-state index contributed by atoms with van der Waals surface area (Å²) in [5.41, 5.74) is 1.41. The number of carbonyl (C=O) groups is 2. The maximum absolute atomic E-state index is 13.2. The van der Waals surface area contributed by atoms with Crippen LogP contribution in [0.2, 0.25) is 0 Å². The van der Waals surface area contributed by atoms with E-state index in [1.165, 1.54) is 18.4 Å². The summed E-state index contributed by atoms with van der Waals surface area (Å²) < 4.78 is 34.4. The molecule has 0 unspecified atom stereocenters. The van der Waals surface area contributed by atoms with Crippen molar-refractivity contribution in [3.8, 4) is 11.5 Å². The van der Waals surface area contributed by atoms with Crippen LogP contribution in [0.15, 0.2) is 24.3 Å². The van der Waals surface area contributed by atoms with Gasteiger partial charge in [-0.05, 0) is 49.3 Å². The molecule has 0 radical (unpaired) electrons. The van der Waals surface area contributed by atoms with Crippen LogP contribution in [0.5, 0.6) is 11.5 Å². The van der Waals surface area contributed by atoms with Crippen molar-refractivity contribution < 1.29 is 27.5 Å². The van der Waals surface area contributed by atoms with Gasteiger partial charge in [-0.25, -0.2) is 8.42 Å². The highest BCUT2D eigenvalue weighted by atomic mass is 32.2. The molecular weight excluding hydrogens is 464 g/mol. The summed E-state index contributed by atoms with van der Waals surface area (Å²) in [6, 6.07) is 6.65. The Balaban J connectivity index is 1.51. The Kier molecular flexibility index (Phi) is 6.94. The Morgan fingerprint density at radius 2 is 1.94 bits per heavy atom. The lowest BCUT2D eigenvalue weighted by Gasteiger charge is -2.19. The molecule has 2 heterocycles. The number of ether oxygens (including phenoxy) is 2. The number of amides is 2. The third-order valence-corrected chi connectivity index (χ3v) is 8.92. The lowest BCUT2D eigenvalue weighted by atomic mass is 9.88. The summed E-state index contributed by atoms with van der Waals surface area (Å²) in [5, 5.41) is 6.21. The van der Waals surface area contributed by atoms with E-state index in [2.05, 4.69) is 17.6 Å².